The lowest BCUT2D eigenvalue weighted by atomic mass is 10.2. The molecule has 3 aliphatic rings. The predicted molar refractivity (Wildman–Crippen MR) is 217 cm³/mol. The van der Waals surface area contributed by atoms with Gasteiger partial charge in [-0.05, 0) is 72.8 Å². The molecule has 0 fully saturated rings. The number of nitrogens with zero attached hydrogens (tertiary/aromatic N) is 3. The fraction of sp³-hybridized carbons (Fsp3) is 0. The van der Waals surface area contributed by atoms with Crippen LogP contribution in [0.2, 0.25) is 0 Å². The molecule has 312 valence electrons. The van der Waals surface area contributed by atoms with Gasteiger partial charge in [-0.15, -0.1) is 0 Å². The van der Waals surface area contributed by atoms with E-state index in [4.69, 9.17) is 29.5 Å². The first-order chi connectivity index (χ1) is 30.1. The highest BCUT2D eigenvalue weighted by molar-refractivity contribution is 6.29. The molecular formula is C45H27N3O15. The summed E-state index contributed by atoms with van der Waals surface area (Å²) in [7, 11) is 0. The number of ether oxygens (including phenoxy) is 3. The van der Waals surface area contributed by atoms with Crippen molar-refractivity contribution in [2.45, 2.75) is 0 Å². The lowest BCUT2D eigenvalue weighted by Crippen LogP contribution is -2.29. The molecule has 8 rings (SSSR count). The van der Waals surface area contributed by atoms with E-state index in [0.29, 0.717) is 0 Å². The van der Waals surface area contributed by atoms with Crippen molar-refractivity contribution in [3.05, 3.63) is 162 Å². The van der Waals surface area contributed by atoms with Crippen molar-refractivity contribution in [3.63, 3.8) is 0 Å². The summed E-state index contributed by atoms with van der Waals surface area (Å²) in [4.78, 5) is 114. The molecule has 3 N–H and O–H groups in total. The Kier molecular flexibility index (Phi) is 11.5. The predicted octanol–water partition coefficient (Wildman–Crippen LogP) is 4.44. The Labute approximate surface area is 354 Å². The van der Waals surface area contributed by atoms with Gasteiger partial charge in [-0.3, -0.25) is 28.8 Å². The highest BCUT2D eigenvalue weighted by atomic mass is 16.6. The summed E-state index contributed by atoms with van der Waals surface area (Å²) in [6, 6.07) is 23.2. The molecule has 0 saturated carbocycles. The molecule has 5 aromatic rings. The van der Waals surface area contributed by atoms with Gasteiger partial charge in [0.1, 0.15) is 34.5 Å². The van der Waals surface area contributed by atoms with E-state index < -0.39 is 53.4 Å². The van der Waals surface area contributed by atoms with Gasteiger partial charge in [-0.25, -0.2) is 29.1 Å². The van der Waals surface area contributed by atoms with Gasteiger partial charge in [0, 0.05) is 72.9 Å². The van der Waals surface area contributed by atoms with E-state index >= 15 is 0 Å². The van der Waals surface area contributed by atoms with Crippen LogP contribution in [0, 0.1) is 0 Å². The third-order valence-electron chi connectivity index (χ3n) is 8.88. The average molecular weight is 850 g/mol. The maximum Gasteiger partial charge on any atom is 0.343 e. The molecule has 5 aromatic carbocycles. The van der Waals surface area contributed by atoms with Crippen LogP contribution in [0.25, 0.3) is 0 Å². The molecule has 18 heteroatoms. The Hall–Kier alpha value is -9.45. The number of carbonyl (C=O) groups is 9. The van der Waals surface area contributed by atoms with E-state index in [9.17, 15) is 43.2 Å². The summed E-state index contributed by atoms with van der Waals surface area (Å²) >= 11 is 0. The smallest absolute Gasteiger partial charge is 0.343 e. The summed E-state index contributed by atoms with van der Waals surface area (Å²) in [5.41, 5.74) is 0.718. The zero-order valence-corrected chi connectivity index (χ0v) is 31.9. The number of carbonyl (C=O) groups excluding carboxylic acids is 9. The fourth-order valence-electron chi connectivity index (χ4n) is 6.00. The Balaban J connectivity index is 0.000000589. The molecule has 6 amide bonds. The van der Waals surface area contributed by atoms with Crippen LogP contribution in [-0.4, -0.2) is 68.7 Å². The van der Waals surface area contributed by atoms with Crippen LogP contribution in [0.5, 0.6) is 34.5 Å². The van der Waals surface area contributed by atoms with Crippen LogP contribution in [0.1, 0.15) is 31.1 Å². The van der Waals surface area contributed by atoms with Crippen molar-refractivity contribution in [1.82, 2.24) is 0 Å². The lowest BCUT2D eigenvalue weighted by molar-refractivity contribution is -0.121. The highest BCUT2D eigenvalue weighted by Crippen LogP contribution is 2.31. The first-order valence-corrected chi connectivity index (χ1v) is 18.2. The molecule has 0 unspecified atom stereocenters. The van der Waals surface area contributed by atoms with E-state index in [1.54, 1.807) is 0 Å². The second-order valence-corrected chi connectivity index (χ2v) is 13.2. The largest absolute Gasteiger partial charge is 0.508 e. The Morgan fingerprint density at radius 3 is 0.746 bits per heavy atom. The lowest BCUT2D eigenvalue weighted by Gasteiger charge is -2.15. The number of phenols is 3. The quantitative estimate of drug-likeness (QED) is 0.105. The zero-order valence-electron chi connectivity index (χ0n) is 31.9. The SMILES string of the molecule is O=C(Oc1cc(OC(=O)c2ccc(N3C(=O)C=CC3=O)cc2)cc(OC(=O)c2ccc(N3C(=O)C=CC3=O)cc2)c1)c1ccc(N2C(=O)C=CC2=O)cc1.Oc1cc(O)cc(O)c1. The molecule has 3 heterocycles. The number of hydrogen-bond donors (Lipinski definition) is 3. The maximum atomic E-state index is 13.1. The second-order valence-electron chi connectivity index (χ2n) is 13.2. The number of benzene rings is 5. The van der Waals surface area contributed by atoms with Crippen molar-refractivity contribution in [2.24, 2.45) is 0 Å². The molecule has 0 aliphatic carbocycles. The van der Waals surface area contributed by atoms with Gasteiger partial charge < -0.3 is 29.5 Å². The van der Waals surface area contributed by atoms with Gasteiger partial charge in [0.05, 0.1) is 33.8 Å². The molecule has 0 atom stereocenters. The van der Waals surface area contributed by atoms with Crippen molar-refractivity contribution in [1.29, 1.82) is 0 Å². The van der Waals surface area contributed by atoms with Gasteiger partial charge in [0.2, 0.25) is 0 Å². The molecule has 63 heavy (non-hydrogen) atoms. The second kappa shape index (κ2) is 17.4. The molecule has 0 bridgehead atoms. The van der Waals surface area contributed by atoms with Gasteiger partial charge in [0.25, 0.3) is 35.4 Å². The molecule has 0 radical (unpaired) electrons. The molecule has 18 nitrogen and oxygen atoms in total. The van der Waals surface area contributed by atoms with E-state index in [0.717, 1.165) is 69.4 Å². The summed E-state index contributed by atoms with van der Waals surface area (Å²) in [6.07, 6.45) is 6.70. The monoisotopic (exact) mass is 849 g/mol. The van der Waals surface area contributed by atoms with Gasteiger partial charge in [0.15, 0.2) is 0 Å². The summed E-state index contributed by atoms with van der Waals surface area (Å²) < 4.78 is 16.6. The van der Waals surface area contributed by atoms with Crippen molar-refractivity contribution < 1.29 is 72.7 Å². The summed E-state index contributed by atoms with van der Waals surface area (Å²) in [5, 5.41) is 26.0. The van der Waals surface area contributed by atoms with Gasteiger partial charge in [-0.2, -0.15) is 0 Å². The molecule has 0 spiro atoms. The Morgan fingerprint density at radius 2 is 0.540 bits per heavy atom. The average Bonchev–Trinajstić information content (AvgIpc) is 3.89. The van der Waals surface area contributed by atoms with Crippen LogP contribution in [0.15, 0.2) is 146 Å². The normalized spacial score (nSPS) is 14.0. The molecule has 0 aromatic heterocycles. The number of phenolic OH excluding ortho intramolecular Hbond substituents is 3. The van der Waals surface area contributed by atoms with Gasteiger partial charge >= 0.3 is 17.9 Å². The third kappa shape index (κ3) is 9.40. The number of aromatic hydroxyl groups is 3. The number of hydrogen-bond acceptors (Lipinski definition) is 15. The van der Waals surface area contributed by atoms with Crippen LogP contribution in [0.3, 0.4) is 0 Å². The van der Waals surface area contributed by atoms with Gasteiger partial charge in [-0.1, -0.05) is 0 Å². The van der Waals surface area contributed by atoms with Crippen molar-refractivity contribution in [3.8, 4) is 34.5 Å². The molecular weight excluding hydrogens is 823 g/mol. The van der Waals surface area contributed by atoms with Crippen molar-refractivity contribution >= 4 is 70.4 Å². The number of esters is 3. The summed E-state index contributed by atoms with van der Waals surface area (Å²) in [6.45, 7) is 0. The van der Waals surface area contributed by atoms with Crippen LogP contribution in [-0.2, 0) is 28.8 Å². The number of anilines is 3. The maximum absolute atomic E-state index is 13.1. The Morgan fingerprint density at radius 1 is 0.333 bits per heavy atom. The fourth-order valence-corrected chi connectivity index (χ4v) is 6.00. The van der Waals surface area contributed by atoms with E-state index in [1.165, 1.54) is 91.0 Å². The first-order valence-electron chi connectivity index (χ1n) is 18.2. The first kappa shape index (κ1) is 41.7. The zero-order chi connectivity index (χ0) is 44.9. The number of rotatable bonds is 9. The number of amides is 6. The van der Waals surface area contributed by atoms with E-state index in [2.05, 4.69) is 0 Å². The van der Waals surface area contributed by atoms with E-state index in [-0.39, 0.29) is 68.2 Å². The van der Waals surface area contributed by atoms with Crippen molar-refractivity contribution in [2.75, 3.05) is 14.7 Å². The minimum Gasteiger partial charge on any atom is -0.508 e. The molecule has 0 saturated heterocycles. The Bertz CT molecular complexity index is 2480. The third-order valence-corrected chi connectivity index (χ3v) is 8.88. The van der Waals surface area contributed by atoms with Crippen LogP contribution >= 0.6 is 0 Å². The minimum atomic E-state index is -0.897. The molecule has 3 aliphatic heterocycles. The summed E-state index contributed by atoms with van der Waals surface area (Å²) in [5.74, 6) is -7.03. The number of imide groups is 3. The minimum absolute atomic E-state index is 0.0160. The van der Waals surface area contributed by atoms with Crippen LogP contribution in [0.4, 0.5) is 17.1 Å². The van der Waals surface area contributed by atoms with E-state index in [1.807, 2.05) is 0 Å². The highest BCUT2D eigenvalue weighted by Gasteiger charge is 2.28. The standard InChI is InChI=1S/C39H21N3O12.C6H6O3/c43-31-13-14-32(44)40(31)25-7-1-22(2-8-25)37(49)52-28-19-29(53-38(50)23-3-9-26(10-4-23)41-33(45)15-16-34(41)46)21-30(20-28)54-39(51)24-5-11-27(12-6-24)42-35(47)17-18-36(42)48;7-4-1-5(8)3-6(9)2-4/h1-21H;1-3,7-9H. The van der Waals surface area contributed by atoms with Crippen LogP contribution < -0.4 is 28.9 Å². The topological polar surface area (TPSA) is 252 Å².